The second-order valence-electron chi connectivity index (χ2n) is 7.89. The van der Waals surface area contributed by atoms with E-state index in [0.717, 1.165) is 28.3 Å². The van der Waals surface area contributed by atoms with Crippen LogP contribution in [-0.4, -0.2) is 34.8 Å². The number of pyridine rings is 1. The lowest BCUT2D eigenvalue weighted by atomic mass is 10.2. The highest BCUT2D eigenvalue weighted by atomic mass is 32.2. The molecule has 1 N–H and O–H groups in total. The molecule has 2 heterocycles. The molecule has 0 aliphatic carbocycles. The van der Waals surface area contributed by atoms with Crippen LogP contribution in [0, 0.1) is 13.8 Å². The molecular weight excluding hydrogens is 495 g/mol. The Morgan fingerprint density at radius 3 is 2.43 bits per heavy atom. The maximum atomic E-state index is 12.4. The van der Waals surface area contributed by atoms with Crippen LogP contribution < -0.4 is 9.47 Å². The molecule has 5 nitrogen and oxygen atoms in total. The first-order valence-corrected chi connectivity index (χ1v) is 12.7. The first-order valence-electron chi connectivity index (χ1n) is 10.7. The van der Waals surface area contributed by atoms with Crippen molar-refractivity contribution in [2.45, 2.75) is 41.6 Å². The summed E-state index contributed by atoms with van der Waals surface area (Å²) < 4.78 is 47.3. The maximum Gasteiger partial charge on any atom is 0.422 e. The van der Waals surface area contributed by atoms with E-state index in [1.165, 1.54) is 34.4 Å². The first-order chi connectivity index (χ1) is 16.7. The molecule has 4 rings (SSSR count). The Hall–Kier alpha value is -2.85. The normalized spacial score (nSPS) is 11.7. The molecule has 0 saturated carbocycles. The van der Waals surface area contributed by atoms with E-state index in [0.29, 0.717) is 21.9 Å². The molecule has 4 aromatic rings. The Bertz CT molecular complexity index is 1310. The van der Waals surface area contributed by atoms with Gasteiger partial charge in [0.1, 0.15) is 11.5 Å². The second-order valence-corrected chi connectivity index (χ2v) is 9.84. The number of aryl methyl sites for hydroxylation is 1. The summed E-state index contributed by atoms with van der Waals surface area (Å²) in [6.45, 7) is 2.81. The molecular formula is C25H24F3N3O2S2. The van der Waals surface area contributed by atoms with Crippen LogP contribution in [0.2, 0.25) is 0 Å². The van der Waals surface area contributed by atoms with E-state index in [9.17, 15) is 13.2 Å². The number of aromatic nitrogens is 3. The Labute approximate surface area is 209 Å². The van der Waals surface area contributed by atoms with Gasteiger partial charge in [-0.1, -0.05) is 23.9 Å². The minimum absolute atomic E-state index is 0.143. The zero-order valence-corrected chi connectivity index (χ0v) is 21.0. The molecule has 184 valence electrons. The SMILES string of the molecule is COc1ccc(CSc2c(C)cnc(CSc3nc4ccc(OCC(F)(F)F)cc4[nH]3)c2C)cc1. The van der Waals surface area contributed by atoms with E-state index >= 15 is 0 Å². The average molecular weight is 520 g/mol. The van der Waals surface area contributed by atoms with Crippen LogP contribution in [-0.2, 0) is 11.5 Å². The molecule has 10 heteroatoms. The van der Waals surface area contributed by atoms with Gasteiger partial charge < -0.3 is 14.5 Å². The van der Waals surface area contributed by atoms with Gasteiger partial charge in [0.05, 0.1) is 23.8 Å². The first kappa shape index (κ1) is 25.2. The number of hydrogen-bond donors (Lipinski definition) is 1. The van der Waals surface area contributed by atoms with E-state index in [1.807, 2.05) is 18.3 Å². The van der Waals surface area contributed by atoms with Crippen LogP contribution in [0.5, 0.6) is 11.5 Å². The number of benzene rings is 2. The van der Waals surface area contributed by atoms with Crippen LogP contribution in [0.15, 0.2) is 58.7 Å². The highest BCUT2D eigenvalue weighted by Gasteiger charge is 2.28. The predicted octanol–water partition coefficient (Wildman–Crippen LogP) is 7.11. The molecule has 2 aromatic carbocycles. The smallest absolute Gasteiger partial charge is 0.422 e. The van der Waals surface area contributed by atoms with Crippen molar-refractivity contribution >= 4 is 34.6 Å². The van der Waals surface area contributed by atoms with Crippen LogP contribution in [0.3, 0.4) is 0 Å². The largest absolute Gasteiger partial charge is 0.497 e. The van der Waals surface area contributed by atoms with Crippen molar-refractivity contribution in [2.75, 3.05) is 13.7 Å². The number of thioether (sulfide) groups is 2. The summed E-state index contributed by atoms with van der Waals surface area (Å²) >= 11 is 3.28. The van der Waals surface area contributed by atoms with E-state index in [-0.39, 0.29) is 5.75 Å². The van der Waals surface area contributed by atoms with Crippen molar-refractivity contribution in [3.63, 3.8) is 0 Å². The molecule has 0 saturated heterocycles. The lowest BCUT2D eigenvalue weighted by Crippen LogP contribution is -2.19. The van der Waals surface area contributed by atoms with Gasteiger partial charge in [0.2, 0.25) is 0 Å². The van der Waals surface area contributed by atoms with Crippen molar-refractivity contribution in [1.29, 1.82) is 0 Å². The average Bonchev–Trinajstić information content (AvgIpc) is 3.24. The molecule has 0 amide bonds. The van der Waals surface area contributed by atoms with Crippen LogP contribution in [0.25, 0.3) is 11.0 Å². The number of alkyl halides is 3. The summed E-state index contributed by atoms with van der Waals surface area (Å²) in [4.78, 5) is 13.5. The fourth-order valence-corrected chi connectivity index (χ4v) is 5.45. The summed E-state index contributed by atoms with van der Waals surface area (Å²) in [5.41, 5.74) is 5.73. The Morgan fingerprint density at radius 1 is 0.971 bits per heavy atom. The molecule has 0 radical (unpaired) electrons. The van der Waals surface area contributed by atoms with E-state index in [1.54, 1.807) is 24.9 Å². The highest BCUT2D eigenvalue weighted by Crippen LogP contribution is 2.33. The number of halogens is 3. The molecule has 2 aromatic heterocycles. The second kappa shape index (κ2) is 10.8. The van der Waals surface area contributed by atoms with Gasteiger partial charge in [-0.05, 0) is 54.8 Å². The number of nitrogens with one attached hydrogen (secondary N) is 1. The van der Waals surface area contributed by atoms with Gasteiger partial charge in [-0.15, -0.1) is 11.8 Å². The minimum atomic E-state index is -4.38. The van der Waals surface area contributed by atoms with Gasteiger partial charge in [-0.25, -0.2) is 4.98 Å². The third-order valence-corrected chi connectivity index (χ3v) is 7.55. The van der Waals surface area contributed by atoms with Crippen molar-refractivity contribution < 1.29 is 22.6 Å². The van der Waals surface area contributed by atoms with Gasteiger partial charge >= 0.3 is 6.18 Å². The highest BCUT2D eigenvalue weighted by molar-refractivity contribution is 7.98. The lowest BCUT2D eigenvalue weighted by molar-refractivity contribution is -0.153. The fourth-order valence-electron chi connectivity index (χ4n) is 3.43. The quantitative estimate of drug-likeness (QED) is 0.238. The number of rotatable bonds is 9. The molecule has 0 aliphatic rings. The van der Waals surface area contributed by atoms with E-state index in [2.05, 4.69) is 40.9 Å². The van der Waals surface area contributed by atoms with Gasteiger partial charge in [0.25, 0.3) is 0 Å². The van der Waals surface area contributed by atoms with E-state index in [4.69, 9.17) is 9.47 Å². The third kappa shape index (κ3) is 6.64. The number of ether oxygens (including phenoxy) is 2. The third-order valence-electron chi connectivity index (χ3n) is 5.27. The summed E-state index contributed by atoms with van der Waals surface area (Å²) in [5, 5.41) is 0.669. The van der Waals surface area contributed by atoms with Gasteiger partial charge in [-0.3, -0.25) is 4.98 Å². The minimum Gasteiger partial charge on any atom is -0.497 e. The van der Waals surface area contributed by atoms with Crippen molar-refractivity contribution in [3.8, 4) is 11.5 Å². The number of imidazole rings is 1. The van der Waals surface area contributed by atoms with Crippen LogP contribution in [0.1, 0.15) is 22.4 Å². The molecule has 0 spiro atoms. The predicted molar refractivity (Wildman–Crippen MR) is 133 cm³/mol. The van der Waals surface area contributed by atoms with Crippen molar-refractivity contribution in [3.05, 3.63) is 71.0 Å². The molecule has 35 heavy (non-hydrogen) atoms. The summed E-state index contributed by atoms with van der Waals surface area (Å²) in [6.07, 6.45) is -2.49. The number of nitrogens with zero attached hydrogens (tertiary/aromatic N) is 2. The molecule has 0 aliphatic heterocycles. The molecule has 0 bridgehead atoms. The standard InChI is InChI=1S/C25H24F3N3O2S2/c1-15-11-29-22(16(2)23(15)34-12-17-4-6-18(32-3)7-5-17)13-35-24-30-20-9-8-19(10-21(20)31-24)33-14-25(26,27)28/h4-11H,12-14H2,1-3H3,(H,30,31). The Kier molecular flexibility index (Phi) is 7.81. The van der Waals surface area contributed by atoms with Crippen molar-refractivity contribution in [2.24, 2.45) is 0 Å². The summed E-state index contributed by atoms with van der Waals surface area (Å²) in [6, 6.07) is 12.7. The number of fused-ring (bicyclic) bond motifs is 1. The summed E-state index contributed by atoms with van der Waals surface area (Å²) in [5.74, 6) is 2.43. The van der Waals surface area contributed by atoms with Gasteiger partial charge in [0.15, 0.2) is 11.8 Å². The van der Waals surface area contributed by atoms with Crippen molar-refractivity contribution in [1.82, 2.24) is 15.0 Å². The number of aromatic amines is 1. The fraction of sp³-hybridized carbons (Fsp3) is 0.280. The molecule has 0 fully saturated rings. The number of hydrogen-bond acceptors (Lipinski definition) is 6. The zero-order chi connectivity index (χ0) is 25.0. The lowest BCUT2D eigenvalue weighted by Gasteiger charge is -2.13. The topological polar surface area (TPSA) is 60.0 Å². The monoisotopic (exact) mass is 519 g/mol. The molecule has 0 unspecified atom stereocenters. The van der Waals surface area contributed by atoms with E-state index < -0.39 is 12.8 Å². The zero-order valence-electron chi connectivity index (χ0n) is 19.4. The Balaban J connectivity index is 1.42. The maximum absolute atomic E-state index is 12.4. The van der Waals surface area contributed by atoms with Gasteiger partial charge in [-0.2, -0.15) is 13.2 Å². The van der Waals surface area contributed by atoms with Gasteiger partial charge in [0, 0.05) is 28.7 Å². The number of methoxy groups -OCH3 is 1. The Morgan fingerprint density at radius 2 is 1.71 bits per heavy atom. The van der Waals surface area contributed by atoms with Crippen LogP contribution in [0.4, 0.5) is 13.2 Å². The summed E-state index contributed by atoms with van der Waals surface area (Å²) in [7, 11) is 1.66. The number of H-pyrrole nitrogens is 1. The van der Waals surface area contributed by atoms with Crippen LogP contribution >= 0.6 is 23.5 Å². The molecule has 0 atom stereocenters.